The number of ether oxygens (including phenoxy) is 1. The van der Waals surface area contributed by atoms with Crippen molar-refractivity contribution in [2.75, 3.05) is 0 Å². The molecular formula is C19H11F3N4O3. The Hall–Kier alpha value is -3.95. The number of halogens is 3. The van der Waals surface area contributed by atoms with Crippen LogP contribution in [0.3, 0.4) is 0 Å². The van der Waals surface area contributed by atoms with Crippen molar-refractivity contribution in [1.82, 2.24) is 19.9 Å². The first-order valence-electron chi connectivity index (χ1n) is 8.25. The average Bonchev–Trinajstić information content (AvgIpc) is 3.18. The average molecular weight is 400 g/mol. The molecule has 0 N–H and O–H groups in total. The molecule has 2 aromatic heterocycles. The highest BCUT2D eigenvalue weighted by Crippen LogP contribution is 2.26. The maximum Gasteiger partial charge on any atom is 0.573 e. The Balaban J connectivity index is 1.63. The van der Waals surface area contributed by atoms with Crippen LogP contribution in [0.15, 0.2) is 76.2 Å². The molecule has 7 nitrogen and oxygen atoms in total. The number of nitrogens with zero attached hydrogens (tertiary/aromatic N) is 4. The largest absolute Gasteiger partial charge is 0.573 e. The topological polar surface area (TPSA) is 83.0 Å². The number of rotatable bonds is 4. The van der Waals surface area contributed by atoms with Gasteiger partial charge < -0.3 is 9.26 Å². The monoisotopic (exact) mass is 400 g/mol. The fourth-order valence-electron chi connectivity index (χ4n) is 2.52. The standard InChI is InChI=1S/C19H11F3N4O3/c20-19(21,22)28-14-8-6-12(7-9-14)17-23-18(29-25-17)16-15(27)10-11-26(24-16)13-4-2-1-3-5-13/h1-11H. The van der Waals surface area contributed by atoms with Crippen LogP contribution in [-0.2, 0) is 0 Å². The third kappa shape index (κ3) is 4.15. The summed E-state index contributed by atoms with van der Waals surface area (Å²) < 4.78 is 47.2. The molecule has 0 amide bonds. The Labute approximate surface area is 161 Å². The highest BCUT2D eigenvalue weighted by molar-refractivity contribution is 5.58. The van der Waals surface area contributed by atoms with Gasteiger partial charge in [0.25, 0.3) is 5.89 Å². The van der Waals surface area contributed by atoms with Crippen LogP contribution in [0.4, 0.5) is 13.2 Å². The second kappa shape index (κ2) is 7.23. The summed E-state index contributed by atoms with van der Waals surface area (Å²) in [5, 5.41) is 8.01. The molecule has 0 unspecified atom stereocenters. The zero-order valence-corrected chi connectivity index (χ0v) is 14.5. The van der Waals surface area contributed by atoms with E-state index in [2.05, 4.69) is 20.0 Å². The maximum absolute atomic E-state index is 12.2. The molecule has 4 aromatic rings. The van der Waals surface area contributed by atoms with E-state index in [0.717, 1.165) is 17.8 Å². The van der Waals surface area contributed by atoms with Crippen molar-refractivity contribution in [2.45, 2.75) is 6.36 Å². The summed E-state index contributed by atoms with van der Waals surface area (Å²) in [5.41, 5.74) is 0.649. The number of aromatic nitrogens is 4. The number of alkyl halides is 3. The minimum Gasteiger partial charge on any atom is -0.406 e. The van der Waals surface area contributed by atoms with Gasteiger partial charge in [0.05, 0.1) is 5.69 Å². The normalized spacial score (nSPS) is 11.4. The summed E-state index contributed by atoms with van der Waals surface area (Å²) in [7, 11) is 0. The van der Waals surface area contributed by atoms with Crippen LogP contribution in [0.25, 0.3) is 28.7 Å². The van der Waals surface area contributed by atoms with Crippen LogP contribution in [0.2, 0.25) is 0 Å². The molecule has 0 saturated heterocycles. The Kier molecular flexibility index (Phi) is 4.59. The van der Waals surface area contributed by atoms with Gasteiger partial charge in [-0.25, -0.2) is 4.68 Å². The van der Waals surface area contributed by atoms with Crippen LogP contribution < -0.4 is 10.2 Å². The maximum atomic E-state index is 12.2. The first-order valence-corrected chi connectivity index (χ1v) is 8.25. The highest BCUT2D eigenvalue weighted by Gasteiger charge is 2.31. The number of para-hydroxylation sites is 1. The smallest absolute Gasteiger partial charge is 0.406 e. The zero-order valence-electron chi connectivity index (χ0n) is 14.5. The van der Waals surface area contributed by atoms with E-state index in [-0.39, 0.29) is 23.2 Å². The Morgan fingerprint density at radius 1 is 0.966 bits per heavy atom. The SMILES string of the molecule is O=c1ccn(-c2ccccc2)nc1-c1nc(-c2ccc(OC(F)(F)F)cc2)no1. The van der Waals surface area contributed by atoms with E-state index in [9.17, 15) is 18.0 Å². The predicted octanol–water partition coefficient (Wildman–Crippen LogP) is 3.85. The molecule has 0 bridgehead atoms. The molecule has 0 aliphatic carbocycles. The number of benzene rings is 2. The van der Waals surface area contributed by atoms with Crippen molar-refractivity contribution in [2.24, 2.45) is 0 Å². The molecule has 2 heterocycles. The van der Waals surface area contributed by atoms with Gasteiger partial charge >= 0.3 is 6.36 Å². The molecule has 4 rings (SSSR count). The highest BCUT2D eigenvalue weighted by atomic mass is 19.4. The minimum atomic E-state index is -4.78. The van der Waals surface area contributed by atoms with Gasteiger partial charge in [0.1, 0.15) is 5.75 Å². The second-order valence-electron chi connectivity index (χ2n) is 5.80. The summed E-state index contributed by atoms with van der Waals surface area (Å²) in [4.78, 5) is 16.3. The summed E-state index contributed by atoms with van der Waals surface area (Å²) in [6.45, 7) is 0. The van der Waals surface area contributed by atoms with Crippen molar-refractivity contribution in [3.05, 3.63) is 77.1 Å². The lowest BCUT2D eigenvalue weighted by Crippen LogP contribution is -2.16. The predicted molar refractivity (Wildman–Crippen MR) is 95.2 cm³/mol. The molecule has 146 valence electrons. The van der Waals surface area contributed by atoms with E-state index in [4.69, 9.17) is 4.52 Å². The van der Waals surface area contributed by atoms with E-state index >= 15 is 0 Å². The quantitative estimate of drug-likeness (QED) is 0.518. The Bertz CT molecular complexity index is 1190. The lowest BCUT2D eigenvalue weighted by Gasteiger charge is -2.08. The molecule has 10 heteroatoms. The van der Waals surface area contributed by atoms with Crippen LogP contribution >= 0.6 is 0 Å². The van der Waals surface area contributed by atoms with Crippen LogP contribution in [0.5, 0.6) is 5.75 Å². The summed E-state index contributed by atoms with van der Waals surface area (Å²) in [6, 6.07) is 15.4. The lowest BCUT2D eigenvalue weighted by molar-refractivity contribution is -0.274. The van der Waals surface area contributed by atoms with Crippen molar-refractivity contribution in [3.63, 3.8) is 0 Å². The molecule has 0 spiro atoms. The first-order chi connectivity index (χ1) is 13.9. The molecule has 0 radical (unpaired) electrons. The van der Waals surface area contributed by atoms with E-state index in [1.165, 1.54) is 29.1 Å². The van der Waals surface area contributed by atoms with Crippen LogP contribution in [-0.4, -0.2) is 26.3 Å². The summed E-state index contributed by atoms with van der Waals surface area (Å²) in [6.07, 6.45) is -3.27. The summed E-state index contributed by atoms with van der Waals surface area (Å²) >= 11 is 0. The fourth-order valence-corrected chi connectivity index (χ4v) is 2.52. The van der Waals surface area contributed by atoms with E-state index < -0.39 is 11.8 Å². The summed E-state index contributed by atoms with van der Waals surface area (Å²) in [5.74, 6) is -0.388. The molecule has 0 aliphatic rings. The van der Waals surface area contributed by atoms with Crippen molar-refractivity contribution >= 4 is 0 Å². The van der Waals surface area contributed by atoms with Gasteiger partial charge in [-0.1, -0.05) is 23.4 Å². The van der Waals surface area contributed by atoms with Gasteiger partial charge in [-0.05, 0) is 36.4 Å². The van der Waals surface area contributed by atoms with Gasteiger partial charge in [0.15, 0.2) is 5.69 Å². The zero-order chi connectivity index (χ0) is 20.4. The van der Waals surface area contributed by atoms with Crippen LogP contribution in [0.1, 0.15) is 0 Å². The molecular weight excluding hydrogens is 389 g/mol. The van der Waals surface area contributed by atoms with Gasteiger partial charge in [-0.3, -0.25) is 4.79 Å². The molecule has 0 saturated carbocycles. The van der Waals surface area contributed by atoms with Crippen molar-refractivity contribution in [3.8, 4) is 34.4 Å². The third-order valence-corrected chi connectivity index (χ3v) is 3.80. The van der Waals surface area contributed by atoms with Gasteiger partial charge in [-0.2, -0.15) is 10.1 Å². The second-order valence-corrected chi connectivity index (χ2v) is 5.80. The Morgan fingerprint density at radius 2 is 1.69 bits per heavy atom. The first kappa shape index (κ1) is 18.4. The molecule has 2 aromatic carbocycles. The van der Waals surface area contributed by atoms with Gasteiger partial charge in [0.2, 0.25) is 11.3 Å². The molecule has 0 fully saturated rings. The molecule has 0 atom stereocenters. The number of hydrogen-bond donors (Lipinski definition) is 0. The van der Waals surface area contributed by atoms with Gasteiger partial charge in [0, 0.05) is 17.8 Å². The Morgan fingerprint density at radius 3 is 2.38 bits per heavy atom. The minimum absolute atomic E-state index is 0.0490. The van der Waals surface area contributed by atoms with Gasteiger partial charge in [-0.15, -0.1) is 13.2 Å². The third-order valence-electron chi connectivity index (χ3n) is 3.80. The van der Waals surface area contributed by atoms with E-state index in [1.54, 1.807) is 0 Å². The van der Waals surface area contributed by atoms with Crippen LogP contribution in [0, 0.1) is 0 Å². The fraction of sp³-hybridized carbons (Fsp3) is 0.0526. The van der Waals surface area contributed by atoms with E-state index in [1.807, 2.05) is 30.3 Å². The molecule has 29 heavy (non-hydrogen) atoms. The van der Waals surface area contributed by atoms with Crippen molar-refractivity contribution in [1.29, 1.82) is 0 Å². The van der Waals surface area contributed by atoms with Crippen molar-refractivity contribution < 1.29 is 22.4 Å². The number of hydrogen-bond acceptors (Lipinski definition) is 6. The molecule has 0 aliphatic heterocycles. The lowest BCUT2D eigenvalue weighted by atomic mass is 10.2. The van der Waals surface area contributed by atoms with E-state index in [0.29, 0.717) is 5.56 Å².